The second kappa shape index (κ2) is 10.0. The Morgan fingerprint density at radius 1 is 1.17 bits per heavy atom. The smallest absolute Gasteiger partial charge is 0.223 e. The van der Waals surface area contributed by atoms with Crippen LogP contribution in [0.5, 0.6) is 5.75 Å². The number of nitrogens with one attached hydrogen (secondary N) is 1. The first-order valence-electron chi connectivity index (χ1n) is 9.61. The Hall–Kier alpha value is -1.80. The monoisotopic (exact) mass is 470 g/mol. The number of sulfonamides is 1. The van der Waals surface area contributed by atoms with E-state index in [9.17, 15) is 13.2 Å². The van der Waals surface area contributed by atoms with Gasteiger partial charge < -0.3 is 10.1 Å². The van der Waals surface area contributed by atoms with Crippen LogP contribution in [0.3, 0.4) is 0 Å². The lowest BCUT2D eigenvalue weighted by molar-refractivity contribution is -0.126. The van der Waals surface area contributed by atoms with E-state index >= 15 is 0 Å². The summed E-state index contributed by atoms with van der Waals surface area (Å²) in [6, 6.07) is 12.3. The van der Waals surface area contributed by atoms with Crippen LogP contribution in [0.4, 0.5) is 0 Å². The molecule has 0 radical (unpaired) electrons. The summed E-state index contributed by atoms with van der Waals surface area (Å²) in [4.78, 5) is 12.5. The summed E-state index contributed by atoms with van der Waals surface area (Å²) in [6.45, 7) is 1.03. The van der Waals surface area contributed by atoms with E-state index in [0.717, 1.165) is 11.3 Å². The maximum Gasteiger partial charge on any atom is 0.223 e. The van der Waals surface area contributed by atoms with Crippen molar-refractivity contribution in [1.29, 1.82) is 0 Å². The molecule has 9 heteroatoms. The Kier molecular flexibility index (Phi) is 7.63. The van der Waals surface area contributed by atoms with E-state index in [0.29, 0.717) is 48.1 Å². The van der Waals surface area contributed by atoms with E-state index in [1.807, 2.05) is 24.3 Å². The molecule has 0 aliphatic carbocycles. The van der Waals surface area contributed by atoms with Gasteiger partial charge in [0.15, 0.2) is 0 Å². The van der Waals surface area contributed by atoms with E-state index in [4.69, 9.17) is 27.9 Å². The fraction of sp³-hybridized carbons (Fsp3) is 0.381. The maximum atomic E-state index is 12.8. The zero-order valence-electron chi connectivity index (χ0n) is 16.6. The summed E-state index contributed by atoms with van der Waals surface area (Å²) in [5.41, 5.74) is 1.46. The average Bonchev–Trinajstić information content (AvgIpc) is 2.74. The molecule has 2 aromatic rings. The van der Waals surface area contributed by atoms with Crippen LogP contribution in [0.2, 0.25) is 10.0 Å². The maximum absolute atomic E-state index is 12.8. The van der Waals surface area contributed by atoms with Gasteiger partial charge in [0, 0.05) is 35.6 Å². The molecule has 30 heavy (non-hydrogen) atoms. The minimum Gasteiger partial charge on any atom is -0.497 e. The molecule has 1 heterocycles. The highest BCUT2D eigenvalue weighted by Crippen LogP contribution is 2.26. The summed E-state index contributed by atoms with van der Waals surface area (Å²) in [5, 5.41) is 3.73. The Morgan fingerprint density at radius 3 is 2.57 bits per heavy atom. The zero-order chi connectivity index (χ0) is 21.7. The fourth-order valence-corrected chi connectivity index (χ4v) is 5.59. The lowest BCUT2D eigenvalue weighted by Crippen LogP contribution is -2.43. The second-order valence-corrected chi connectivity index (χ2v) is 10.0. The summed E-state index contributed by atoms with van der Waals surface area (Å²) in [7, 11) is -1.93. The lowest BCUT2D eigenvalue weighted by Gasteiger charge is -2.30. The van der Waals surface area contributed by atoms with E-state index < -0.39 is 10.0 Å². The second-order valence-electron chi connectivity index (χ2n) is 7.23. The standard InChI is InChI=1S/C21H24Cl2N2O4S/c1-29-19-4-2-3-15(11-19)13-24-21(26)16-7-9-25(10-8-16)30(27,28)14-17-5-6-18(22)12-20(17)23/h2-6,11-12,16H,7-10,13-14H2,1H3,(H,24,26). The molecular formula is C21H24Cl2N2O4S. The van der Waals surface area contributed by atoms with Crippen LogP contribution in [0, 0.1) is 5.92 Å². The Balaban J connectivity index is 1.52. The molecule has 162 valence electrons. The van der Waals surface area contributed by atoms with Crippen LogP contribution in [0.1, 0.15) is 24.0 Å². The number of carbonyl (C=O) groups excluding carboxylic acids is 1. The third-order valence-electron chi connectivity index (χ3n) is 5.17. The third kappa shape index (κ3) is 5.88. The number of nitrogens with zero attached hydrogens (tertiary/aromatic N) is 1. The van der Waals surface area contributed by atoms with Crippen LogP contribution in [0.25, 0.3) is 0 Å². The Morgan fingerprint density at radius 2 is 1.90 bits per heavy atom. The molecule has 1 fully saturated rings. The summed E-state index contributed by atoms with van der Waals surface area (Å²) < 4.78 is 32.1. The van der Waals surface area contributed by atoms with Gasteiger partial charge in [-0.1, -0.05) is 41.4 Å². The first-order chi connectivity index (χ1) is 14.3. The van der Waals surface area contributed by atoms with Crippen LogP contribution in [-0.4, -0.2) is 38.8 Å². The number of carbonyl (C=O) groups is 1. The Bertz CT molecular complexity index is 1010. The fourth-order valence-electron chi connectivity index (χ4n) is 3.44. The number of benzene rings is 2. The van der Waals surface area contributed by atoms with Crippen LogP contribution in [-0.2, 0) is 27.1 Å². The van der Waals surface area contributed by atoms with Gasteiger partial charge in [0.2, 0.25) is 15.9 Å². The first-order valence-corrected chi connectivity index (χ1v) is 12.0. The van der Waals surface area contributed by atoms with Gasteiger partial charge >= 0.3 is 0 Å². The topological polar surface area (TPSA) is 75.7 Å². The van der Waals surface area contributed by atoms with Crippen LogP contribution in [0.15, 0.2) is 42.5 Å². The number of halogens is 2. The normalized spacial score (nSPS) is 15.7. The SMILES string of the molecule is COc1cccc(CNC(=O)C2CCN(S(=O)(=O)Cc3ccc(Cl)cc3Cl)CC2)c1. The molecule has 1 saturated heterocycles. The summed E-state index contributed by atoms with van der Waals surface area (Å²) in [6.07, 6.45) is 0.967. The van der Waals surface area contributed by atoms with Gasteiger partial charge in [0.25, 0.3) is 0 Å². The molecule has 6 nitrogen and oxygen atoms in total. The van der Waals surface area contributed by atoms with E-state index in [1.54, 1.807) is 19.2 Å². The van der Waals surface area contributed by atoms with Crippen molar-refractivity contribution in [1.82, 2.24) is 9.62 Å². The van der Waals surface area contributed by atoms with Gasteiger partial charge in [-0.2, -0.15) is 0 Å². The van der Waals surface area contributed by atoms with Crippen molar-refractivity contribution in [2.45, 2.75) is 25.1 Å². The highest BCUT2D eigenvalue weighted by Gasteiger charge is 2.31. The molecular weight excluding hydrogens is 447 g/mol. The van der Waals surface area contributed by atoms with Crippen molar-refractivity contribution in [3.8, 4) is 5.75 Å². The summed E-state index contributed by atoms with van der Waals surface area (Å²) in [5.74, 6) is 0.285. The number of piperidine rings is 1. The number of hydrogen-bond donors (Lipinski definition) is 1. The molecule has 1 N–H and O–H groups in total. The van der Waals surface area contributed by atoms with Crippen molar-refractivity contribution in [3.63, 3.8) is 0 Å². The van der Waals surface area contributed by atoms with Crippen molar-refractivity contribution in [2.24, 2.45) is 5.92 Å². The van der Waals surface area contributed by atoms with Crippen molar-refractivity contribution in [2.75, 3.05) is 20.2 Å². The number of hydrogen-bond acceptors (Lipinski definition) is 4. The molecule has 3 rings (SSSR count). The highest BCUT2D eigenvalue weighted by molar-refractivity contribution is 7.88. The van der Waals surface area contributed by atoms with Crippen LogP contribution >= 0.6 is 23.2 Å². The predicted octanol–water partition coefficient (Wildman–Crippen LogP) is 3.86. The van der Waals surface area contributed by atoms with Crippen molar-refractivity contribution >= 4 is 39.1 Å². The molecule has 0 spiro atoms. The van der Waals surface area contributed by atoms with Gasteiger partial charge in [0.05, 0.1) is 12.9 Å². The molecule has 1 aliphatic heterocycles. The summed E-state index contributed by atoms with van der Waals surface area (Å²) >= 11 is 12.0. The molecule has 1 amide bonds. The Labute approximate surface area is 187 Å². The number of amides is 1. The van der Waals surface area contributed by atoms with Crippen molar-refractivity contribution < 1.29 is 17.9 Å². The van der Waals surface area contributed by atoms with Crippen LogP contribution < -0.4 is 10.1 Å². The molecule has 0 atom stereocenters. The molecule has 0 unspecified atom stereocenters. The third-order valence-corrected chi connectivity index (χ3v) is 7.59. The number of ether oxygens (including phenoxy) is 1. The molecule has 2 aromatic carbocycles. The van der Waals surface area contributed by atoms with Gasteiger partial charge in [-0.3, -0.25) is 4.79 Å². The molecule has 0 aromatic heterocycles. The van der Waals surface area contributed by atoms with E-state index in [1.165, 1.54) is 10.4 Å². The van der Waals surface area contributed by atoms with Gasteiger partial charge in [-0.25, -0.2) is 12.7 Å². The highest BCUT2D eigenvalue weighted by atomic mass is 35.5. The minimum atomic E-state index is -3.52. The number of rotatable bonds is 7. The predicted molar refractivity (Wildman–Crippen MR) is 118 cm³/mol. The van der Waals surface area contributed by atoms with Gasteiger partial charge in [-0.15, -0.1) is 0 Å². The van der Waals surface area contributed by atoms with Gasteiger partial charge in [0.1, 0.15) is 5.75 Å². The lowest BCUT2D eigenvalue weighted by atomic mass is 9.97. The van der Waals surface area contributed by atoms with Gasteiger partial charge in [-0.05, 0) is 48.2 Å². The quantitative estimate of drug-likeness (QED) is 0.666. The van der Waals surface area contributed by atoms with E-state index in [-0.39, 0.29) is 17.6 Å². The largest absolute Gasteiger partial charge is 0.497 e. The first kappa shape index (κ1) is 22.9. The zero-order valence-corrected chi connectivity index (χ0v) is 18.9. The van der Waals surface area contributed by atoms with Crippen molar-refractivity contribution in [3.05, 3.63) is 63.6 Å². The molecule has 0 saturated carbocycles. The van der Waals surface area contributed by atoms with E-state index in [2.05, 4.69) is 5.32 Å². The minimum absolute atomic E-state index is 0.0596. The molecule has 1 aliphatic rings. The molecule has 0 bridgehead atoms. The average molecular weight is 471 g/mol. The number of methoxy groups -OCH3 is 1.